The Morgan fingerprint density at radius 1 is 1.47 bits per heavy atom. The summed E-state index contributed by atoms with van der Waals surface area (Å²) >= 11 is 1.74. The van der Waals surface area contributed by atoms with Crippen LogP contribution >= 0.6 is 11.8 Å². The first-order chi connectivity index (χ1) is 7.17. The number of benzene rings is 1. The number of hydrogen-bond donors (Lipinski definition) is 0. The molecule has 0 spiro atoms. The lowest BCUT2D eigenvalue weighted by molar-refractivity contribution is 0.627. The van der Waals surface area contributed by atoms with Gasteiger partial charge >= 0.3 is 0 Å². The maximum atomic E-state index is 13.1. The van der Waals surface area contributed by atoms with Gasteiger partial charge in [0, 0.05) is 25.0 Å². The van der Waals surface area contributed by atoms with Gasteiger partial charge in [-0.2, -0.15) is 17.0 Å². The van der Waals surface area contributed by atoms with Gasteiger partial charge in [-0.15, -0.1) is 0 Å². The van der Waals surface area contributed by atoms with E-state index >= 15 is 0 Å². The standard InChI is InChI=1S/C11H13FN2S/c1-14(3-4-15-2)11-6-9(8-13)5-10(12)7-11/h5-7H,3-4H2,1-2H3. The Morgan fingerprint density at radius 2 is 2.20 bits per heavy atom. The molecule has 0 radical (unpaired) electrons. The Labute approximate surface area is 93.7 Å². The second-order valence-corrected chi connectivity index (χ2v) is 4.21. The van der Waals surface area contributed by atoms with Crippen molar-refractivity contribution >= 4 is 17.4 Å². The summed E-state index contributed by atoms with van der Waals surface area (Å²) in [5.74, 6) is 0.620. The van der Waals surface area contributed by atoms with E-state index in [9.17, 15) is 4.39 Å². The van der Waals surface area contributed by atoms with E-state index < -0.39 is 0 Å². The fourth-order valence-corrected chi connectivity index (χ4v) is 1.67. The minimum atomic E-state index is -0.361. The topological polar surface area (TPSA) is 27.0 Å². The van der Waals surface area contributed by atoms with Crippen LogP contribution in [0.3, 0.4) is 0 Å². The SMILES string of the molecule is CSCCN(C)c1cc(F)cc(C#N)c1. The number of hydrogen-bond acceptors (Lipinski definition) is 3. The van der Waals surface area contributed by atoms with Gasteiger partial charge in [-0.1, -0.05) is 0 Å². The average Bonchev–Trinajstić information content (AvgIpc) is 2.24. The van der Waals surface area contributed by atoms with Crippen molar-refractivity contribution in [2.45, 2.75) is 0 Å². The molecule has 0 saturated heterocycles. The molecule has 0 saturated carbocycles. The van der Waals surface area contributed by atoms with Crippen LogP contribution in [-0.2, 0) is 0 Å². The van der Waals surface area contributed by atoms with Crippen LogP contribution in [0.5, 0.6) is 0 Å². The molecule has 0 aliphatic heterocycles. The van der Waals surface area contributed by atoms with E-state index in [1.807, 2.05) is 24.3 Å². The predicted octanol–water partition coefficient (Wildman–Crippen LogP) is 2.50. The largest absolute Gasteiger partial charge is 0.374 e. The summed E-state index contributed by atoms with van der Waals surface area (Å²) in [5.41, 5.74) is 1.11. The number of nitrogens with zero attached hydrogens (tertiary/aromatic N) is 2. The Hall–Kier alpha value is -1.21. The van der Waals surface area contributed by atoms with E-state index in [1.165, 1.54) is 12.1 Å². The third-order valence-corrected chi connectivity index (χ3v) is 2.67. The van der Waals surface area contributed by atoms with Gasteiger partial charge in [-0.25, -0.2) is 4.39 Å². The molecule has 0 aromatic heterocycles. The second kappa shape index (κ2) is 5.62. The fourth-order valence-electron chi connectivity index (χ4n) is 1.22. The lowest BCUT2D eigenvalue weighted by Crippen LogP contribution is -2.20. The summed E-state index contributed by atoms with van der Waals surface area (Å²) in [4.78, 5) is 1.94. The van der Waals surface area contributed by atoms with Crippen LogP contribution in [-0.4, -0.2) is 25.6 Å². The Kier molecular flexibility index (Phi) is 4.44. The van der Waals surface area contributed by atoms with E-state index in [0.29, 0.717) is 5.56 Å². The van der Waals surface area contributed by atoms with E-state index in [2.05, 4.69) is 0 Å². The summed E-state index contributed by atoms with van der Waals surface area (Å²) in [6.45, 7) is 0.843. The fraction of sp³-hybridized carbons (Fsp3) is 0.364. The smallest absolute Gasteiger partial charge is 0.126 e. The van der Waals surface area contributed by atoms with Crippen LogP contribution in [0.25, 0.3) is 0 Å². The number of nitriles is 1. The zero-order chi connectivity index (χ0) is 11.3. The van der Waals surface area contributed by atoms with Crippen LogP contribution < -0.4 is 4.90 Å². The molecule has 0 aliphatic carbocycles. The summed E-state index contributed by atoms with van der Waals surface area (Å²) in [6.07, 6.45) is 2.03. The van der Waals surface area contributed by atoms with Crippen molar-refractivity contribution in [1.29, 1.82) is 5.26 Å². The minimum absolute atomic E-state index is 0.361. The van der Waals surface area contributed by atoms with Gasteiger partial charge in [0.2, 0.25) is 0 Å². The second-order valence-electron chi connectivity index (χ2n) is 3.22. The first-order valence-electron chi connectivity index (χ1n) is 4.58. The Bertz CT molecular complexity index is 373. The molecule has 0 amide bonds. The molecule has 0 unspecified atom stereocenters. The van der Waals surface area contributed by atoms with Gasteiger partial charge in [-0.05, 0) is 24.5 Å². The number of halogens is 1. The quantitative estimate of drug-likeness (QED) is 0.786. The van der Waals surface area contributed by atoms with E-state index in [0.717, 1.165) is 18.0 Å². The first-order valence-corrected chi connectivity index (χ1v) is 5.97. The predicted molar refractivity (Wildman–Crippen MR) is 62.8 cm³/mol. The highest BCUT2D eigenvalue weighted by atomic mass is 32.2. The summed E-state index contributed by atoms with van der Waals surface area (Å²) in [6, 6.07) is 6.33. The van der Waals surface area contributed by atoms with Gasteiger partial charge in [0.1, 0.15) is 5.82 Å². The van der Waals surface area contributed by atoms with E-state index in [-0.39, 0.29) is 5.82 Å². The van der Waals surface area contributed by atoms with Crippen molar-refractivity contribution in [3.63, 3.8) is 0 Å². The van der Waals surface area contributed by atoms with Crippen LogP contribution in [0, 0.1) is 17.1 Å². The molecule has 0 heterocycles. The van der Waals surface area contributed by atoms with Crippen molar-refractivity contribution in [3.8, 4) is 6.07 Å². The van der Waals surface area contributed by atoms with Crippen LogP contribution in [0.2, 0.25) is 0 Å². The van der Waals surface area contributed by atoms with Crippen molar-refractivity contribution in [1.82, 2.24) is 0 Å². The average molecular weight is 224 g/mol. The van der Waals surface area contributed by atoms with Crippen LogP contribution in [0.4, 0.5) is 10.1 Å². The number of anilines is 1. The van der Waals surface area contributed by atoms with Gasteiger partial charge in [-0.3, -0.25) is 0 Å². The van der Waals surface area contributed by atoms with E-state index in [1.54, 1.807) is 17.8 Å². The molecule has 1 rings (SSSR count). The number of thioether (sulfide) groups is 1. The summed E-state index contributed by atoms with van der Waals surface area (Å²) < 4.78 is 13.1. The molecular weight excluding hydrogens is 211 g/mol. The Balaban J connectivity index is 2.84. The van der Waals surface area contributed by atoms with Crippen molar-refractivity contribution in [2.75, 3.05) is 30.5 Å². The normalized spacial score (nSPS) is 9.73. The molecule has 4 heteroatoms. The maximum Gasteiger partial charge on any atom is 0.126 e. The monoisotopic (exact) mass is 224 g/mol. The summed E-state index contributed by atoms with van der Waals surface area (Å²) in [7, 11) is 1.89. The molecule has 1 aromatic rings. The van der Waals surface area contributed by atoms with Crippen molar-refractivity contribution in [2.24, 2.45) is 0 Å². The molecule has 80 valence electrons. The highest BCUT2D eigenvalue weighted by Crippen LogP contribution is 2.17. The Morgan fingerprint density at radius 3 is 2.80 bits per heavy atom. The molecule has 0 aliphatic rings. The van der Waals surface area contributed by atoms with Gasteiger partial charge in [0.05, 0.1) is 11.6 Å². The maximum absolute atomic E-state index is 13.1. The third-order valence-electron chi connectivity index (χ3n) is 2.08. The molecule has 0 atom stereocenters. The molecule has 2 nitrogen and oxygen atoms in total. The van der Waals surface area contributed by atoms with Crippen molar-refractivity contribution in [3.05, 3.63) is 29.6 Å². The lowest BCUT2D eigenvalue weighted by Gasteiger charge is -2.18. The van der Waals surface area contributed by atoms with Gasteiger partial charge in [0.15, 0.2) is 0 Å². The molecule has 0 N–H and O–H groups in total. The van der Waals surface area contributed by atoms with E-state index in [4.69, 9.17) is 5.26 Å². The van der Waals surface area contributed by atoms with Crippen LogP contribution in [0.1, 0.15) is 5.56 Å². The van der Waals surface area contributed by atoms with Gasteiger partial charge < -0.3 is 4.90 Å². The minimum Gasteiger partial charge on any atom is -0.374 e. The van der Waals surface area contributed by atoms with Crippen molar-refractivity contribution < 1.29 is 4.39 Å². The van der Waals surface area contributed by atoms with Crippen LogP contribution in [0.15, 0.2) is 18.2 Å². The third kappa shape index (κ3) is 3.45. The molecule has 0 fully saturated rings. The molecular formula is C11H13FN2S. The number of rotatable bonds is 4. The first kappa shape index (κ1) is 11.9. The van der Waals surface area contributed by atoms with Gasteiger partial charge in [0.25, 0.3) is 0 Å². The lowest BCUT2D eigenvalue weighted by atomic mass is 10.2. The zero-order valence-corrected chi connectivity index (χ0v) is 9.64. The molecule has 0 bridgehead atoms. The zero-order valence-electron chi connectivity index (χ0n) is 8.83. The highest BCUT2D eigenvalue weighted by molar-refractivity contribution is 7.98. The molecule has 1 aromatic carbocycles. The molecule has 15 heavy (non-hydrogen) atoms. The summed E-state index contributed by atoms with van der Waals surface area (Å²) in [5, 5.41) is 8.71. The highest BCUT2D eigenvalue weighted by Gasteiger charge is 2.04.